The summed E-state index contributed by atoms with van der Waals surface area (Å²) in [5.74, 6) is 1.17. The first-order valence-electron chi connectivity index (χ1n) is 5.92. The molecule has 0 atom stereocenters. The third-order valence-corrected chi connectivity index (χ3v) is 3.10. The fourth-order valence-electron chi connectivity index (χ4n) is 1.95. The zero-order valence-electron chi connectivity index (χ0n) is 10.0. The molecule has 0 spiro atoms. The zero-order valence-corrected chi connectivity index (χ0v) is 10.0. The number of amides is 1. The fourth-order valence-corrected chi connectivity index (χ4v) is 1.95. The van der Waals surface area contributed by atoms with Gasteiger partial charge in [0.25, 0.3) is 0 Å². The van der Waals surface area contributed by atoms with Crippen LogP contribution in [-0.2, 0) is 11.2 Å². The maximum atomic E-state index is 11.6. The van der Waals surface area contributed by atoms with Gasteiger partial charge in [-0.2, -0.15) is 4.98 Å². The first kappa shape index (κ1) is 12.0. The molecule has 1 aromatic rings. The van der Waals surface area contributed by atoms with E-state index in [0.717, 1.165) is 19.3 Å². The van der Waals surface area contributed by atoms with Crippen molar-refractivity contribution in [2.24, 2.45) is 5.73 Å². The van der Waals surface area contributed by atoms with Crippen LogP contribution in [0.2, 0.25) is 0 Å². The van der Waals surface area contributed by atoms with E-state index < -0.39 is 0 Å². The number of carbonyl (C=O) groups excluding carboxylic acids is 1. The topological polar surface area (TPSA) is 94.0 Å². The highest BCUT2D eigenvalue weighted by molar-refractivity contribution is 5.77. The minimum absolute atomic E-state index is 0.00687. The van der Waals surface area contributed by atoms with Crippen LogP contribution in [0.5, 0.6) is 0 Å². The third-order valence-electron chi connectivity index (χ3n) is 3.10. The minimum atomic E-state index is -0.257. The van der Waals surface area contributed by atoms with Crippen molar-refractivity contribution in [2.45, 2.75) is 44.6 Å². The zero-order chi connectivity index (χ0) is 12.3. The summed E-state index contributed by atoms with van der Waals surface area (Å²) in [6, 6.07) is 0. The second kappa shape index (κ2) is 4.83. The Kier molecular flexibility index (Phi) is 3.42. The van der Waals surface area contributed by atoms with Gasteiger partial charge < -0.3 is 15.6 Å². The molecule has 3 N–H and O–H groups in total. The largest absolute Gasteiger partial charge is 0.356 e. The van der Waals surface area contributed by atoms with Crippen LogP contribution >= 0.6 is 0 Å². The molecule has 6 nitrogen and oxygen atoms in total. The Bertz CT molecular complexity index is 398. The molecular formula is C11H18N4O2. The predicted octanol–water partition coefficient (Wildman–Crippen LogP) is 0.308. The molecule has 1 amide bonds. The Morgan fingerprint density at radius 1 is 1.59 bits per heavy atom. The number of hydrogen-bond acceptors (Lipinski definition) is 5. The summed E-state index contributed by atoms with van der Waals surface area (Å²) in [6.45, 7) is 2.26. The monoisotopic (exact) mass is 238 g/mol. The van der Waals surface area contributed by atoms with Crippen LogP contribution in [0.15, 0.2) is 4.52 Å². The van der Waals surface area contributed by atoms with Gasteiger partial charge in [0.2, 0.25) is 11.8 Å². The Morgan fingerprint density at radius 2 is 2.35 bits per heavy atom. The average Bonchev–Trinajstić information content (AvgIpc) is 2.62. The van der Waals surface area contributed by atoms with Gasteiger partial charge in [0.1, 0.15) is 0 Å². The lowest BCUT2D eigenvalue weighted by Gasteiger charge is -2.37. The molecule has 0 aliphatic heterocycles. The Morgan fingerprint density at radius 3 is 2.88 bits per heavy atom. The van der Waals surface area contributed by atoms with Gasteiger partial charge in [-0.1, -0.05) is 5.16 Å². The van der Waals surface area contributed by atoms with E-state index in [1.54, 1.807) is 6.92 Å². The summed E-state index contributed by atoms with van der Waals surface area (Å²) in [5.41, 5.74) is 5.73. The van der Waals surface area contributed by atoms with Crippen molar-refractivity contribution >= 4 is 5.91 Å². The van der Waals surface area contributed by atoms with E-state index in [4.69, 9.17) is 10.3 Å². The summed E-state index contributed by atoms with van der Waals surface area (Å²) < 4.78 is 4.84. The molecular weight excluding hydrogens is 220 g/mol. The van der Waals surface area contributed by atoms with Crippen LogP contribution in [-0.4, -0.2) is 28.1 Å². The molecule has 1 heterocycles. The lowest BCUT2D eigenvalue weighted by molar-refractivity contribution is -0.122. The number of rotatable bonds is 5. The van der Waals surface area contributed by atoms with Gasteiger partial charge in [0, 0.05) is 31.8 Å². The molecule has 17 heavy (non-hydrogen) atoms. The van der Waals surface area contributed by atoms with Crippen molar-refractivity contribution < 1.29 is 9.32 Å². The van der Waals surface area contributed by atoms with E-state index in [1.807, 2.05) is 0 Å². The molecule has 0 radical (unpaired) electrons. The molecule has 1 aliphatic carbocycles. The van der Waals surface area contributed by atoms with Crippen LogP contribution in [0, 0.1) is 6.92 Å². The molecule has 0 saturated heterocycles. The molecule has 1 aliphatic rings. The molecule has 94 valence electrons. The highest BCUT2D eigenvalue weighted by atomic mass is 16.5. The van der Waals surface area contributed by atoms with E-state index in [0.29, 0.717) is 31.1 Å². The number of aromatic nitrogens is 2. The predicted molar refractivity (Wildman–Crippen MR) is 61.1 cm³/mol. The number of aryl methyl sites for hydroxylation is 1. The molecule has 0 aromatic carbocycles. The summed E-state index contributed by atoms with van der Waals surface area (Å²) in [7, 11) is 0. The normalized spacial score (nSPS) is 17.5. The van der Waals surface area contributed by atoms with E-state index in [-0.39, 0.29) is 11.4 Å². The van der Waals surface area contributed by atoms with Crippen LogP contribution in [0.25, 0.3) is 0 Å². The quantitative estimate of drug-likeness (QED) is 0.769. The Hall–Kier alpha value is -1.43. The van der Waals surface area contributed by atoms with Gasteiger partial charge in [-0.05, 0) is 19.3 Å². The first-order chi connectivity index (χ1) is 8.07. The maximum absolute atomic E-state index is 11.6. The summed E-state index contributed by atoms with van der Waals surface area (Å²) in [6.07, 6.45) is 4.03. The third kappa shape index (κ3) is 3.26. The number of nitrogens with two attached hydrogens (primary N) is 1. The molecule has 1 saturated carbocycles. The molecule has 0 bridgehead atoms. The highest BCUT2D eigenvalue weighted by Gasteiger charge is 2.34. The van der Waals surface area contributed by atoms with E-state index in [9.17, 15) is 4.79 Å². The lowest BCUT2D eigenvalue weighted by Crippen LogP contribution is -2.50. The summed E-state index contributed by atoms with van der Waals surface area (Å²) in [4.78, 5) is 15.6. The van der Waals surface area contributed by atoms with Crippen molar-refractivity contribution in [1.29, 1.82) is 0 Å². The van der Waals surface area contributed by atoms with Crippen molar-refractivity contribution in [1.82, 2.24) is 15.5 Å². The molecule has 0 unspecified atom stereocenters. The van der Waals surface area contributed by atoms with Gasteiger partial charge in [-0.3, -0.25) is 4.79 Å². The van der Waals surface area contributed by atoms with Crippen LogP contribution in [0.4, 0.5) is 0 Å². The lowest BCUT2D eigenvalue weighted by atomic mass is 9.75. The van der Waals surface area contributed by atoms with Gasteiger partial charge in [0.05, 0.1) is 0 Å². The van der Waals surface area contributed by atoms with Crippen molar-refractivity contribution in [3.05, 3.63) is 11.7 Å². The van der Waals surface area contributed by atoms with Gasteiger partial charge >= 0.3 is 0 Å². The van der Waals surface area contributed by atoms with Crippen molar-refractivity contribution in [3.8, 4) is 0 Å². The van der Waals surface area contributed by atoms with Gasteiger partial charge in [0.15, 0.2) is 5.82 Å². The number of carbonyl (C=O) groups is 1. The second-order valence-corrected chi connectivity index (χ2v) is 4.72. The highest BCUT2D eigenvalue weighted by Crippen LogP contribution is 2.31. The van der Waals surface area contributed by atoms with E-state index in [1.165, 1.54) is 0 Å². The molecule has 1 fully saturated rings. The number of nitrogens with one attached hydrogen (secondary N) is 1. The minimum Gasteiger partial charge on any atom is -0.356 e. The number of nitrogens with zero attached hydrogens (tertiary/aromatic N) is 2. The molecule has 1 aromatic heterocycles. The fraction of sp³-hybridized carbons (Fsp3) is 0.727. The Balaban J connectivity index is 1.66. The molecule has 2 rings (SSSR count). The summed E-state index contributed by atoms with van der Waals surface area (Å²) >= 11 is 0. The molecule has 6 heteroatoms. The van der Waals surface area contributed by atoms with Gasteiger partial charge in [-0.15, -0.1) is 0 Å². The van der Waals surface area contributed by atoms with Gasteiger partial charge in [-0.25, -0.2) is 0 Å². The van der Waals surface area contributed by atoms with Crippen molar-refractivity contribution in [3.63, 3.8) is 0 Å². The SMILES string of the molecule is Cc1nc(CCNC(=O)CC2(N)CCC2)no1. The van der Waals surface area contributed by atoms with Crippen LogP contribution in [0.1, 0.15) is 37.4 Å². The van der Waals surface area contributed by atoms with E-state index >= 15 is 0 Å². The van der Waals surface area contributed by atoms with Crippen LogP contribution in [0.3, 0.4) is 0 Å². The Labute approximate surface area is 99.9 Å². The van der Waals surface area contributed by atoms with Crippen molar-refractivity contribution in [2.75, 3.05) is 6.54 Å². The average molecular weight is 238 g/mol. The van der Waals surface area contributed by atoms with Crippen LogP contribution < -0.4 is 11.1 Å². The smallest absolute Gasteiger partial charge is 0.223 e. The second-order valence-electron chi connectivity index (χ2n) is 4.72. The summed E-state index contributed by atoms with van der Waals surface area (Å²) in [5, 5.41) is 6.58. The van der Waals surface area contributed by atoms with E-state index in [2.05, 4.69) is 15.5 Å². The standard InChI is InChI=1S/C11H18N4O2/c1-8-14-9(15-17-8)3-6-13-10(16)7-11(12)4-2-5-11/h2-7,12H2,1H3,(H,13,16). The maximum Gasteiger partial charge on any atom is 0.223 e. The first-order valence-corrected chi connectivity index (χ1v) is 5.92. The number of hydrogen-bond donors (Lipinski definition) is 2.